The molecule has 2 N–H and O–H groups in total. The van der Waals surface area contributed by atoms with Crippen LogP contribution in [0.1, 0.15) is 19.3 Å². The van der Waals surface area contributed by atoms with E-state index in [-0.39, 0.29) is 18.4 Å². The van der Waals surface area contributed by atoms with E-state index in [4.69, 9.17) is 5.73 Å². The SMILES string of the molecule is COC(=O)[C@@H]1CCCCN1C(=O)CN. The molecule has 80 valence electrons. The molecule has 1 atom stereocenters. The standard InChI is InChI=1S/C9H16N2O3/c1-14-9(13)7-4-2-3-5-11(7)8(12)6-10/h7H,2-6,10H2,1H3/t7-/m0/s1. The minimum absolute atomic E-state index is 0.0481. The molecule has 0 spiro atoms. The summed E-state index contributed by atoms with van der Waals surface area (Å²) in [6, 6.07) is -0.426. The molecule has 0 radical (unpaired) electrons. The van der Waals surface area contributed by atoms with Crippen molar-refractivity contribution < 1.29 is 14.3 Å². The Morgan fingerprint density at radius 3 is 2.79 bits per heavy atom. The number of carbonyl (C=O) groups excluding carboxylic acids is 2. The normalized spacial score (nSPS) is 21.9. The van der Waals surface area contributed by atoms with Crippen LogP contribution in [-0.2, 0) is 14.3 Å². The largest absolute Gasteiger partial charge is 0.467 e. The fraction of sp³-hybridized carbons (Fsp3) is 0.778. The van der Waals surface area contributed by atoms with Gasteiger partial charge in [-0.1, -0.05) is 0 Å². The van der Waals surface area contributed by atoms with E-state index in [0.717, 1.165) is 12.8 Å². The van der Waals surface area contributed by atoms with Crippen LogP contribution in [0.5, 0.6) is 0 Å². The minimum atomic E-state index is -0.426. The molecule has 14 heavy (non-hydrogen) atoms. The number of nitrogens with two attached hydrogens (primary N) is 1. The predicted molar refractivity (Wildman–Crippen MR) is 50.4 cm³/mol. The van der Waals surface area contributed by atoms with E-state index in [9.17, 15) is 9.59 Å². The number of piperidine rings is 1. The molecular formula is C9H16N2O3. The lowest BCUT2D eigenvalue weighted by atomic mass is 10.0. The zero-order valence-electron chi connectivity index (χ0n) is 8.36. The molecule has 0 saturated carbocycles. The number of hydrogen-bond acceptors (Lipinski definition) is 4. The Morgan fingerprint density at radius 2 is 2.21 bits per heavy atom. The maximum Gasteiger partial charge on any atom is 0.328 e. The van der Waals surface area contributed by atoms with E-state index in [0.29, 0.717) is 13.0 Å². The molecule has 0 aliphatic carbocycles. The summed E-state index contributed by atoms with van der Waals surface area (Å²) in [5.74, 6) is -0.522. The third kappa shape index (κ3) is 2.23. The van der Waals surface area contributed by atoms with Gasteiger partial charge in [0.05, 0.1) is 13.7 Å². The second-order valence-electron chi connectivity index (χ2n) is 3.33. The van der Waals surface area contributed by atoms with Gasteiger partial charge in [0.25, 0.3) is 0 Å². The van der Waals surface area contributed by atoms with E-state index >= 15 is 0 Å². The smallest absolute Gasteiger partial charge is 0.328 e. The molecule has 0 aromatic carbocycles. The quantitative estimate of drug-likeness (QED) is 0.610. The molecule has 1 aliphatic heterocycles. The molecule has 1 fully saturated rings. The second-order valence-corrected chi connectivity index (χ2v) is 3.33. The Hall–Kier alpha value is -1.10. The molecule has 1 saturated heterocycles. The maximum atomic E-state index is 11.4. The second kappa shape index (κ2) is 4.95. The third-order valence-corrected chi connectivity index (χ3v) is 2.47. The van der Waals surface area contributed by atoms with E-state index in [2.05, 4.69) is 4.74 Å². The van der Waals surface area contributed by atoms with E-state index in [1.165, 1.54) is 12.0 Å². The predicted octanol–water partition coefficient (Wildman–Crippen LogP) is -0.501. The van der Waals surface area contributed by atoms with Crippen LogP contribution in [0.4, 0.5) is 0 Å². The zero-order valence-corrected chi connectivity index (χ0v) is 8.36. The van der Waals surface area contributed by atoms with E-state index in [1.54, 1.807) is 0 Å². The summed E-state index contributed by atoms with van der Waals surface area (Å²) < 4.78 is 4.64. The van der Waals surface area contributed by atoms with E-state index in [1.807, 2.05) is 0 Å². The lowest BCUT2D eigenvalue weighted by Crippen LogP contribution is -2.50. The van der Waals surface area contributed by atoms with Crippen LogP contribution in [0.2, 0.25) is 0 Å². The summed E-state index contributed by atoms with van der Waals surface area (Å²) in [5.41, 5.74) is 5.26. The van der Waals surface area contributed by atoms with Crippen molar-refractivity contribution in [3.63, 3.8) is 0 Å². The number of nitrogens with zero attached hydrogens (tertiary/aromatic N) is 1. The van der Waals surface area contributed by atoms with Crippen molar-refractivity contribution in [2.24, 2.45) is 5.73 Å². The van der Waals surface area contributed by atoms with Gasteiger partial charge in [-0.05, 0) is 19.3 Å². The van der Waals surface area contributed by atoms with Gasteiger partial charge in [-0.15, -0.1) is 0 Å². The maximum absolute atomic E-state index is 11.4. The topological polar surface area (TPSA) is 72.6 Å². The van der Waals surface area contributed by atoms with Crippen molar-refractivity contribution in [1.29, 1.82) is 0 Å². The highest BCUT2D eigenvalue weighted by Crippen LogP contribution is 2.17. The number of amides is 1. The molecule has 1 amide bonds. The van der Waals surface area contributed by atoms with Crippen molar-refractivity contribution in [3.05, 3.63) is 0 Å². The van der Waals surface area contributed by atoms with Crippen LogP contribution in [-0.4, -0.2) is 43.0 Å². The van der Waals surface area contributed by atoms with Crippen molar-refractivity contribution >= 4 is 11.9 Å². The lowest BCUT2D eigenvalue weighted by Gasteiger charge is -2.33. The van der Waals surface area contributed by atoms with Crippen LogP contribution < -0.4 is 5.73 Å². The fourth-order valence-electron chi connectivity index (χ4n) is 1.73. The lowest BCUT2D eigenvalue weighted by molar-refractivity contribution is -0.154. The molecule has 5 heteroatoms. The number of carbonyl (C=O) groups is 2. The Labute approximate surface area is 83.2 Å². The summed E-state index contributed by atoms with van der Waals surface area (Å²) in [6.45, 7) is 0.559. The van der Waals surface area contributed by atoms with Gasteiger partial charge in [-0.2, -0.15) is 0 Å². The first-order valence-corrected chi connectivity index (χ1v) is 4.78. The first-order chi connectivity index (χ1) is 6.70. The molecule has 0 bridgehead atoms. The highest BCUT2D eigenvalue weighted by atomic mass is 16.5. The number of methoxy groups -OCH3 is 1. The van der Waals surface area contributed by atoms with Crippen LogP contribution in [0, 0.1) is 0 Å². The Balaban J connectivity index is 2.68. The van der Waals surface area contributed by atoms with Crippen molar-refractivity contribution in [1.82, 2.24) is 4.90 Å². The summed E-state index contributed by atoms with van der Waals surface area (Å²) in [6.07, 6.45) is 2.56. The average molecular weight is 200 g/mol. The van der Waals surface area contributed by atoms with Crippen LogP contribution in [0.3, 0.4) is 0 Å². The molecule has 1 rings (SSSR count). The first-order valence-electron chi connectivity index (χ1n) is 4.78. The monoisotopic (exact) mass is 200 g/mol. The van der Waals surface area contributed by atoms with Gasteiger partial charge in [-0.25, -0.2) is 4.79 Å². The third-order valence-electron chi connectivity index (χ3n) is 2.47. The molecule has 0 unspecified atom stereocenters. The summed E-state index contributed by atoms with van der Waals surface area (Å²) >= 11 is 0. The molecule has 5 nitrogen and oxygen atoms in total. The van der Waals surface area contributed by atoms with Crippen molar-refractivity contribution in [2.45, 2.75) is 25.3 Å². The molecule has 0 aromatic heterocycles. The van der Waals surface area contributed by atoms with Gasteiger partial charge in [-0.3, -0.25) is 4.79 Å². The molecule has 1 heterocycles. The van der Waals surface area contributed by atoms with Crippen molar-refractivity contribution in [3.8, 4) is 0 Å². The van der Waals surface area contributed by atoms with Gasteiger partial charge in [0.1, 0.15) is 6.04 Å². The number of esters is 1. The number of likely N-dealkylation sites (tertiary alicyclic amines) is 1. The van der Waals surface area contributed by atoms with Gasteiger partial charge in [0.15, 0.2) is 0 Å². The van der Waals surface area contributed by atoms with Crippen LogP contribution >= 0.6 is 0 Å². The van der Waals surface area contributed by atoms with Gasteiger partial charge < -0.3 is 15.4 Å². The number of hydrogen-bond donors (Lipinski definition) is 1. The van der Waals surface area contributed by atoms with Crippen molar-refractivity contribution in [2.75, 3.05) is 20.2 Å². The molecule has 1 aliphatic rings. The van der Waals surface area contributed by atoms with Crippen LogP contribution in [0.15, 0.2) is 0 Å². The highest BCUT2D eigenvalue weighted by molar-refractivity contribution is 5.85. The number of rotatable bonds is 2. The van der Waals surface area contributed by atoms with Crippen LogP contribution in [0.25, 0.3) is 0 Å². The fourth-order valence-corrected chi connectivity index (χ4v) is 1.73. The Morgan fingerprint density at radius 1 is 1.50 bits per heavy atom. The minimum Gasteiger partial charge on any atom is -0.467 e. The summed E-state index contributed by atoms with van der Waals surface area (Å²) in [4.78, 5) is 24.3. The molecule has 0 aromatic rings. The van der Waals surface area contributed by atoms with Gasteiger partial charge >= 0.3 is 5.97 Å². The summed E-state index contributed by atoms with van der Waals surface area (Å²) in [5, 5.41) is 0. The van der Waals surface area contributed by atoms with E-state index < -0.39 is 6.04 Å². The average Bonchev–Trinajstić information content (AvgIpc) is 2.27. The molecular weight excluding hydrogens is 184 g/mol. The van der Waals surface area contributed by atoms with Gasteiger partial charge in [0, 0.05) is 6.54 Å². The van der Waals surface area contributed by atoms with Gasteiger partial charge in [0.2, 0.25) is 5.91 Å². The number of ether oxygens (including phenoxy) is 1. The summed E-state index contributed by atoms with van der Waals surface area (Å²) in [7, 11) is 1.34. The Kier molecular flexibility index (Phi) is 3.88. The zero-order chi connectivity index (χ0) is 10.6. The first kappa shape index (κ1) is 11.0. The highest BCUT2D eigenvalue weighted by Gasteiger charge is 2.31. The Bertz CT molecular complexity index is 206.